The average Bonchev–Trinajstić information content (AvgIpc) is 2.88. The van der Waals surface area contributed by atoms with Crippen LogP contribution in [0.2, 0.25) is 5.02 Å². The van der Waals surface area contributed by atoms with E-state index in [1.54, 1.807) is 25.3 Å². The van der Waals surface area contributed by atoms with Crippen LogP contribution in [0.25, 0.3) is 0 Å². The Morgan fingerprint density at radius 1 is 1.43 bits per heavy atom. The highest BCUT2D eigenvalue weighted by Crippen LogP contribution is 2.26. The lowest BCUT2D eigenvalue weighted by atomic mass is 10.2. The van der Waals surface area contributed by atoms with Gasteiger partial charge in [-0.15, -0.1) is 11.3 Å². The summed E-state index contributed by atoms with van der Waals surface area (Å²) in [5.74, 6) is -0.355. The Hall–Kier alpha value is -1.64. The Morgan fingerprint density at radius 3 is 2.87 bits per heavy atom. The fraction of sp³-hybridized carbons (Fsp3) is 0.286. The van der Waals surface area contributed by atoms with E-state index in [2.05, 4.69) is 9.71 Å². The molecule has 0 saturated carbocycles. The first kappa shape index (κ1) is 17.7. The number of esters is 1. The van der Waals surface area contributed by atoms with Crippen molar-refractivity contribution < 1.29 is 17.9 Å². The van der Waals surface area contributed by atoms with Gasteiger partial charge in [0.25, 0.3) is 10.0 Å². The lowest BCUT2D eigenvalue weighted by Crippen LogP contribution is -2.14. The number of anilines is 1. The predicted octanol–water partition coefficient (Wildman–Crippen LogP) is 3.01. The Bertz CT molecular complexity index is 818. The maximum absolute atomic E-state index is 12.4. The molecule has 0 spiro atoms. The summed E-state index contributed by atoms with van der Waals surface area (Å²) in [5.41, 5.74) is 0.480. The number of nitrogens with one attached hydrogen (secondary N) is 1. The number of nitrogens with zero attached hydrogens (tertiary/aromatic N) is 1. The van der Waals surface area contributed by atoms with Crippen LogP contribution in [0.3, 0.4) is 0 Å². The lowest BCUT2D eigenvalue weighted by Gasteiger charge is -2.09. The fourth-order valence-corrected chi connectivity index (χ4v) is 4.35. The summed E-state index contributed by atoms with van der Waals surface area (Å²) in [6.07, 6.45) is 2.03. The van der Waals surface area contributed by atoms with Gasteiger partial charge in [-0.2, -0.15) is 0 Å². The molecule has 2 rings (SSSR count). The van der Waals surface area contributed by atoms with Crippen LogP contribution in [0, 0.1) is 6.92 Å². The minimum atomic E-state index is -3.76. The number of halogens is 1. The molecule has 0 radical (unpaired) electrons. The van der Waals surface area contributed by atoms with Crippen LogP contribution in [0.4, 0.5) is 5.13 Å². The molecule has 1 aromatic heterocycles. The molecule has 1 N–H and O–H groups in total. The molecule has 0 aliphatic carbocycles. The Labute approximate surface area is 143 Å². The Morgan fingerprint density at radius 2 is 2.17 bits per heavy atom. The molecular formula is C14H15ClN2O4S2. The third-order valence-corrected chi connectivity index (χ3v) is 5.93. The number of thiazole rings is 1. The quantitative estimate of drug-likeness (QED) is 0.785. The molecule has 0 saturated heterocycles. The summed E-state index contributed by atoms with van der Waals surface area (Å²) in [7, 11) is -3.76. The number of ether oxygens (including phenoxy) is 1. The number of aromatic nitrogens is 1. The minimum Gasteiger partial charge on any atom is -0.465 e. The number of carbonyl (C=O) groups is 1. The zero-order valence-corrected chi connectivity index (χ0v) is 14.9. The van der Waals surface area contributed by atoms with Gasteiger partial charge in [0.05, 0.1) is 11.5 Å². The van der Waals surface area contributed by atoms with Gasteiger partial charge in [-0.1, -0.05) is 17.7 Å². The topological polar surface area (TPSA) is 85.4 Å². The van der Waals surface area contributed by atoms with Gasteiger partial charge in [0.15, 0.2) is 5.13 Å². The van der Waals surface area contributed by atoms with E-state index in [0.29, 0.717) is 17.0 Å². The zero-order chi connectivity index (χ0) is 17.0. The molecule has 1 heterocycles. The smallest absolute Gasteiger partial charge is 0.302 e. The summed E-state index contributed by atoms with van der Waals surface area (Å²) in [6, 6.07) is 4.70. The van der Waals surface area contributed by atoms with Crippen LogP contribution in [0.5, 0.6) is 0 Å². The molecular weight excluding hydrogens is 360 g/mol. The maximum atomic E-state index is 12.4. The zero-order valence-electron chi connectivity index (χ0n) is 12.5. The first-order chi connectivity index (χ1) is 10.8. The molecule has 124 valence electrons. The first-order valence-corrected chi connectivity index (χ1v) is 9.33. The van der Waals surface area contributed by atoms with Crippen LogP contribution >= 0.6 is 22.9 Å². The second-order valence-electron chi connectivity index (χ2n) is 4.69. The van der Waals surface area contributed by atoms with Gasteiger partial charge in [-0.05, 0) is 24.6 Å². The summed E-state index contributed by atoms with van der Waals surface area (Å²) in [5, 5.41) is 0.635. The largest absolute Gasteiger partial charge is 0.465 e. The molecule has 2 aromatic rings. The Balaban J connectivity index is 2.11. The highest BCUT2D eigenvalue weighted by Gasteiger charge is 2.19. The molecule has 0 unspecified atom stereocenters. The van der Waals surface area contributed by atoms with Crippen molar-refractivity contribution in [1.82, 2.24) is 4.98 Å². The highest BCUT2D eigenvalue weighted by atomic mass is 35.5. The van der Waals surface area contributed by atoms with Crippen LogP contribution in [0.15, 0.2) is 29.3 Å². The van der Waals surface area contributed by atoms with E-state index >= 15 is 0 Å². The van der Waals surface area contributed by atoms with Crippen molar-refractivity contribution in [1.29, 1.82) is 0 Å². The van der Waals surface area contributed by atoms with Gasteiger partial charge in [0.1, 0.15) is 0 Å². The van der Waals surface area contributed by atoms with Crippen molar-refractivity contribution in [2.24, 2.45) is 0 Å². The maximum Gasteiger partial charge on any atom is 0.302 e. The third kappa shape index (κ3) is 4.66. The molecule has 1 aromatic carbocycles. The summed E-state index contributed by atoms with van der Waals surface area (Å²) in [4.78, 5) is 15.7. The number of hydrogen-bond donors (Lipinski definition) is 1. The van der Waals surface area contributed by atoms with E-state index in [4.69, 9.17) is 16.3 Å². The summed E-state index contributed by atoms with van der Waals surface area (Å²) >= 11 is 7.15. The predicted molar refractivity (Wildman–Crippen MR) is 89.4 cm³/mol. The molecule has 0 aliphatic heterocycles. The van der Waals surface area contributed by atoms with Crippen molar-refractivity contribution in [2.45, 2.75) is 25.2 Å². The second kappa shape index (κ2) is 7.29. The van der Waals surface area contributed by atoms with Gasteiger partial charge in [-0.25, -0.2) is 13.4 Å². The summed E-state index contributed by atoms with van der Waals surface area (Å²) in [6.45, 7) is 3.21. The molecule has 0 atom stereocenters. The van der Waals surface area contributed by atoms with Crippen molar-refractivity contribution in [2.75, 3.05) is 11.3 Å². The normalized spacial score (nSPS) is 11.3. The summed E-state index contributed by atoms with van der Waals surface area (Å²) < 4.78 is 32.1. The lowest BCUT2D eigenvalue weighted by molar-refractivity contribution is -0.140. The number of benzene rings is 1. The molecule has 0 fully saturated rings. The second-order valence-corrected chi connectivity index (χ2v) is 7.86. The van der Waals surface area contributed by atoms with Crippen LogP contribution in [-0.2, 0) is 26.0 Å². The number of rotatable bonds is 6. The van der Waals surface area contributed by atoms with Crippen molar-refractivity contribution in [3.05, 3.63) is 39.9 Å². The first-order valence-electron chi connectivity index (χ1n) is 6.65. The van der Waals surface area contributed by atoms with Gasteiger partial charge >= 0.3 is 5.97 Å². The Kier molecular flexibility index (Phi) is 5.61. The fourth-order valence-electron chi connectivity index (χ4n) is 1.81. The van der Waals surface area contributed by atoms with E-state index in [1.807, 2.05) is 0 Å². The number of hydrogen-bond acceptors (Lipinski definition) is 6. The standard InChI is InChI=1S/C14H15ClN2O4S2/c1-9-12(15)4-3-5-13(9)23(19,20)17-14-16-8-11(22-14)6-7-21-10(2)18/h3-5,8H,6-7H2,1-2H3,(H,16,17). The number of carbonyl (C=O) groups excluding carboxylic acids is 1. The monoisotopic (exact) mass is 374 g/mol. The van der Waals surface area contributed by atoms with Gasteiger partial charge in [0.2, 0.25) is 0 Å². The van der Waals surface area contributed by atoms with Crippen molar-refractivity contribution >= 4 is 44.1 Å². The minimum absolute atomic E-state index is 0.113. The molecule has 23 heavy (non-hydrogen) atoms. The van der Waals surface area contributed by atoms with Gasteiger partial charge < -0.3 is 4.74 Å². The average molecular weight is 375 g/mol. The van der Waals surface area contributed by atoms with Crippen molar-refractivity contribution in [3.63, 3.8) is 0 Å². The van der Waals surface area contributed by atoms with E-state index in [1.165, 1.54) is 24.3 Å². The molecule has 9 heteroatoms. The highest BCUT2D eigenvalue weighted by molar-refractivity contribution is 7.93. The van der Waals surface area contributed by atoms with E-state index in [0.717, 1.165) is 4.88 Å². The third-order valence-electron chi connectivity index (χ3n) is 2.94. The SMILES string of the molecule is CC(=O)OCCc1cnc(NS(=O)(=O)c2cccc(Cl)c2C)s1. The van der Waals surface area contributed by atoms with E-state index in [-0.39, 0.29) is 22.6 Å². The molecule has 0 bridgehead atoms. The molecule has 6 nitrogen and oxygen atoms in total. The van der Waals surface area contributed by atoms with E-state index < -0.39 is 10.0 Å². The van der Waals surface area contributed by atoms with Crippen molar-refractivity contribution in [3.8, 4) is 0 Å². The van der Waals surface area contributed by atoms with Crippen LogP contribution in [-0.4, -0.2) is 26.0 Å². The molecule has 0 aliphatic rings. The number of sulfonamides is 1. The van der Waals surface area contributed by atoms with E-state index in [9.17, 15) is 13.2 Å². The van der Waals surface area contributed by atoms with Gasteiger partial charge in [0, 0.05) is 29.4 Å². The molecule has 0 amide bonds. The van der Waals surface area contributed by atoms with Crippen LogP contribution < -0.4 is 4.72 Å². The van der Waals surface area contributed by atoms with Crippen LogP contribution in [0.1, 0.15) is 17.4 Å². The van der Waals surface area contributed by atoms with Gasteiger partial charge in [-0.3, -0.25) is 9.52 Å².